The number of allylic oxidation sites excluding steroid dienone is 1. The van der Waals surface area contributed by atoms with Gasteiger partial charge >= 0.3 is 5.97 Å². The highest BCUT2D eigenvalue weighted by atomic mass is 32.1. The number of thiocarbonyl (C=S) groups is 1. The van der Waals surface area contributed by atoms with Crippen molar-refractivity contribution in [2.45, 2.75) is 45.3 Å². The Kier molecular flexibility index (Phi) is 5.27. The number of esters is 1. The second-order valence-corrected chi connectivity index (χ2v) is 7.07. The topological polar surface area (TPSA) is 59.6 Å². The van der Waals surface area contributed by atoms with E-state index < -0.39 is 6.04 Å². The summed E-state index contributed by atoms with van der Waals surface area (Å²) in [5, 5.41) is 6.71. The molecule has 6 heteroatoms. The molecule has 0 bridgehead atoms. The zero-order chi connectivity index (χ0) is 18.0. The molecule has 5 nitrogen and oxygen atoms in total. The molecule has 0 aromatic heterocycles. The van der Waals surface area contributed by atoms with Gasteiger partial charge in [0.1, 0.15) is 11.9 Å². The lowest BCUT2D eigenvalue weighted by Gasteiger charge is -2.31. The second-order valence-electron chi connectivity index (χ2n) is 6.66. The maximum atomic E-state index is 13.0. The Balaban J connectivity index is 1.93. The van der Waals surface area contributed by atoms with E-state index in [4.69, 9.17) is 21.7 Å². The summed E-state index contributed by atoms with van der Waals surface area (Å²) in [5.74, 6) is 0.812. The SMILES string of the molecule is COc1ccccc1[C@H]1NC(=S)NC(C)=C1C(=O)O[C@H]1CCC[C@H]1C. The Bertz CT molecular complexity index is 716. The number of hydrogen-bond donors (Lipinski definition) is 2. The minimum Gasteiger partial charge on any atom is -0.496 e. The third kappa shape index (κ3) is 3.63. The van der Waals surface area contributed by atoms with Gasteiger partial charge in [-0.15, -0.1) is 0 Å². The van der Waals surface area contributed by atoms with Gasteiger partial charge in [0.05, 0.1) is 18.7 Å². The summed E-state index contributed by atoms with van der Waals surface area (Å²) in [7, 11) is 1.62. The first-order chi connectivity index (χ1) is 12.0. The molecule has 2 aliphatic rings. The van der Waals surface area contributed by atoms with E-state index in [0.717, 1.165) is 30.5 Å². The largest absolute Gasteiger partial charge is 0.496 e. The van der Waals surface area contributed by atoms with Crippen LogP contribution in [0.5, 0.6) is 5.75 Å². The van der Waals surface area contributed by atoms with Crippen molar-refractivity contribution in [2.24, 2.45) is 5.92 Å². The highest BCUT2D eigenvalue weighted by Gasteiger charge is 2.35. The van der Waals surface area contributed by atoms with Crippen molar-refractivity contribution in [1.29, 1.82) is 0 Å². The molecule has 0 amide bonds. The van der Waals surface area contributed by atoms with E-state index in [9.17, 15) is 4.79 Å². The summed E-state index contributed by atoms with van der Waals surface area (Å²) in [5.41, 5.74) is 2.13. The molecule has 1 aromatic carbocycles. The minimum absolute atomic E-state index is 0.0139. The van der Waals surface area contributed by atoms with Crippen molar-refractivity contribution in [3.63, 3.8) is 0 Å². The summed E-state index contributed by atoms with van der Waals surface area (Å²) in [6.07, 6.45) is 3.12. The Morgan fingerprint density at radius 1 is 1.28 bits per heavy atom. The predicted molar refractivity (Wildman–Crippen MR) is 100 cm³/mol. The highest BCUT2D eigenvalue weighted by Crippen LogP contribution is 2.35. The average Bonchev–Trinajstić information content (AvgIpc) is 2.98. The van der Waals surface area contributed by atoms with Gasteiger partial charge in [-0.05, 0) is 50.4 Å². The first-order valence-corrected chi connectivity index (χ1v) is 9.04. The Hall–Kier alpha value is -2.08. The van der Waals surface area contributed by atoms with Crippen LogP contribution in [0.2, 0.25) is 0 Å². The summed E-state index contributed by atoms with van der Waals surface area (Å²) in [4.78, 5) is 13.0. The molecule has 1 fully saturated rings. The van der Waals surface area contributed by atoms with Crippen LogP contribution < -0.4 is 15.4 Å². The second kappa shape index (κ2) is 7.44. The molecule has 2 N–H and O–H groups in total. The summed E-state index contributed by atoms with van der Waals surface area (Å²) in [6, 6.07) is 7.23. The lowest BCUT2D eigenvalue weighted by molar-refractivity contribution is -0.146. The van der Waals surface area contributed by atoms with E-state index in [0.29, 0.717) is 22.4 Å². The lowest BCUT2D eigenvalue weighted by Crippen LogP contribution is -2.45. The van der Waals surface area contributed by atoms with E-state index in [2.05, 4.69) is 17.6 Å². The number of ether oxygens (including phenoxy) is 2. The fraction of sp³-hybridized carbons (Fsp3) is 0.474. The molecule has 1 aromatic rings. The van der Waals surface area contributed by atoms with Crippen molar-refractivity contribution < 1.29 is 14.3 Å². The average molecular weight is 360 g/mol. The quantitative estimate of drug-likeness (QED) is 0.635. The van der Waals surface area contributed by atoms with E-state index >= 15 is 0 Å². The van der Waals surface area contributed by atoms with Crippen LogP contribution in [0.25, 0.3) is 0 Å². The molecule has 1 heterocycles. The van der Waals surface area contributed by atoms with Crippen LogP contribution in [0.1, 0.15) is 44.7 Å². The standard InChI is InChI=1S/C19H24N2O3S/c1-11-7-6-10-14(11)24-18(22)16-12(2)20-19(25)21-17(16)13-8-4-5-9-15(13)23-3/h4-5,8-9,11,14,17H,6-7,10H2,1-3H3,(H2,20,21,25)/t11-,14+,17-/m1/s1. The number of carbonyl (C=O) groups excluding carboxylic acids is 1. The van der Waals surface area contributed by atoms with E-state index in [1.54, 1.807) is 7.11 Å². The molecule has 1 aliphatic carbocycles. The van der Waals surface area contributed by atoms with Crippen LogP contribution in [0.4, 0.5) is 0 Å². The van der Waals surface area contributed by atoms with Crippen LogP contribution in [0.3, 0.4) is 0 Å². The normalized spacial score (nSPS) is 26.0. The number of nitrogens with one attached hydrogen (secondary N) is 2. The van der Waals surface area contributed by atoms with E-state index in [1.807, 2.05) is 31.2 Å². The minimum atomic E-state index is -0.394. The van der Waals surface area contributed by atoms with Gasteiger partial charge in [-0.25, -0.2) is 4.79 Å². The first kappa shape index (κ1) is 17.7. The predicted octanol–water partition coefficient (Wildman–Crippen LogP) is 3.22. The van der Waals surface area contributed by atoms with Crippen LogP contribution >= 0.6 is 12.2 Å². The van der Waals surface area contributed by atoms with Crippen molar-refractivity contribution >= 4 is 23.3 Å². The number of carbonyl (C=O) groups is 1. The number of para-hydroxylation sites is 1. The summed E-state index contributed by atoms with van der Waals surface area (Å²) in [6.45, 7) is 3.99. The van der Waals surface area contributed by atoms with Gasteiger partial charge in [0.15, 0.2) is 5.11 Å². The number of methoxy groups -OCH3 is 1. The molecule has 3 rings (SSSR count). The van der Waals surface area contributed by atoms with Gasteiger partial charge in [-0.3, -0.25) is 0 Å². The summed E-state index contributed by atoms with van der Waals surface area (Å²) < 4.78 is 11.3. The van der Waals surface area contributed by atoms with Crippen LogP contribution in [-0.2, 0) is 9.53 Å². The molecular weight excluding hydrogens is 336 g/mol. The molecule has 25 heavy (non-hydrogen) atoms. The van der Waals surface area contributed by atoms with Crippen molar-refractivity contribution in [3.8, 4) is 5.75 Å². The lowest BCUT2D eigenvalue weighted by atomic mass is 9.94. The number of rotatable bonds is 4. The molecule has 134 valence electrons. The molecule has 0 unspecified atom stereocenters. The molecule has 1 saturated carbocycles. The molecule has 1 aliphatic heterocycles. The van der Waals surface area contributed by atoms with Crippen molar-refractivity contribution in [2.75, 3.05) is 7.11 Å². The number of hydrogen-bond acceptors (Lipinski definition) is 4. The van der Waals surface area contributed by atoms with Gasteiger partial charge < -0.3 is 20.1 Å². The zero-order valence-corrected chi connectivity index (χ0v) is 15.6. The molecule has 0 spiro atoms. The fourth-order valence-corrected chi connectivity index (χ4v) is 3.86. The van der Waals surface area contributed by atoms with Crippen LogP contribution in [0, 0.1) is 5.92 Å². The van der Waals surface area contributed by atoms with Crippen LogP contribution in [-0.4, -0.2) is 24.3 Å². The maximum absolute atomic E-state index is 13.0. The monoisotopic (exact) mass is 360 g/mol. The molecule has 0 radical (unpaired) electrons. The van der Waals surface area contributed by atoms with Gasteiger partial charge in [-0.1, -0.05) is 25.1 Å². The summed E-state index contributed by atoms with van der Waals surface area (Å²) >= 11 is 5.29. The Morgan fingerprint density at radius 2 is 2.04 bits per heavy atom. The van der Waals surface area contributed by atoms with E-state index in [-0.39, 0.29) is 12.1 Å². The Labute approximate surface area is 153 Å². The first-order valence-electron chi connectivity index (χ1n) is 8.63. The molecular formula is C19H24N2O3S. The Morgan fingerprint density at radius 3 is 2.72 bits per heavy atom. The van der Waals surface area contributed by atoms with Crippen LogP contribution in [0.15, 0.2) is 35.5 Å². The van der Waals surface area contributed by atoms with Gasteiger partial charge in [0, 0.05) is 11.3 Å². The molecule has 3 atom stereocenters. The van der Waals surface area contributed by atoms with Crippen molar-refractivity contribution in [1.82, 2.24) is 10.6 Å². The van der Waals surface area contributed by atoms with E-state index in [1.165, 1.54) is 0 Å². The van der Waals surface area contributed by atoms with Gasteiger partial charge in [0.25, 0.3) is 0 Å². The third-order valence-electron chi connectivity index (χ3n) is 4.98. The molecule has 0 saturated heterocycles. The zero-order valence-electron chi connectivity index (χ0n) is 14.8. The fourth-order valence-electron chi connectivity index (χ4n) is 3.59. The van der Waals surface area contributed by atoms with Gasteiger partial charge in [-0.2, -0.15) is 0 Å². The third-order valence-corrected chi connectivity index (χ3v) is 5.20. The maximum Gasteiger partial charge on any atom is 0.338 e. The smallest absolute Gasteiger partial charge is 0.338 e. The number of benzene rings is 1. The van der Waals surface area contributed by atoms with Gasteiger partial charge in [0.2, 0.25) is 0 Å². The van der Waals surface area contributed by atoms with Crippen molar-refractivity contribution in [3.05, 3.63) is 41.1 Å². The highest BCUT2D eigenvalue weighted by molar-refractivity contribution is 7.80.